The van der Waals surface area contributed by atoms with Crippen LogP contribution in [0, 0.1) is 0 Å². The van der Waals surface area contributed by atoms with E-state index in [1.165, 1.54) is 0 Å². The molecule has 0 aliphatic rings. The molecular formula is C20H23N5O2. The average molecular weight is 365 g/mol. The summed E-state index contributed by atoms with van der Waals surface area (Å²) in [6, 6.07) is 19.4. The summed E-state index contributed by atoms with van der Waals surface area (Å²) in [5.74, 6) is 1.68. The Hall–Kier alpha value is -3.19. The van der Waals surface area contributed by atoms with Gasteiger partial charge in [0, 0.05) is 12.6 Å². The van der Waals surface area contributed by atoms with Gasteiger partial charge in [-0.2, -0.15) is 9.97 Å². The lowest BCUT2D eigenvalue weighted by Crippen LogP contribution is -2.31. The van der Waals surface area contributed by atoms with E-state index in [-0.39, 0.29) is 12.0 Å². The van der Waals surface area contributed by atoms with Crippen LogP contribution in [0.25, 0.3) is 0 Å². The quantitative estimate of drug-likeness (QED) is 0.650. The van der Waals surface area contributed by atoms with Gasteiger partial charge in [0.15, 0.2) is 0 Å². The number of nitrogens with zero attached hydrogens (tertiary/aromatic N) is 4. The fraction of sp³-hybridized carbons (Fsp3) is 0.250. The molecule has 0 bridgehead atoms. The largest absolute Gasteiger partial charge is 0.424 e. The lowest BCUT2D eigenvalue weighted by atomic mass is 10.3. The van der Waals surface area contributed by atoms with Crippen LogP contribution >= 0.6 is 0 Å². The molecule has 3 rings (SSSR count). The van der Waals surface area contributed by atoms with Gasteiger partial charge < -0.3 is 19.7 Å². The van der Waals surface area contributed by atoms with Gasteiger partial charge >= 0.3 is 12.0 Å². The van der Waals surface area contributed by atoms with Gasteiger partial charge in [-0.25, -0.2) is 0 Å². The highest BCUT2D eigenvalue weighted by molar-refractivity contribution is 5.32. The van der Waals surface area contributed by atoms with E-state index >= 15 is 0 Å². The highest BCUT2D eigenvalue weighted by atomic mass is 16.5. The molecule has 0 saturated carbocycles. The first-order valence-corrected chi connectivity index (χ1v) is 8.72. The van der Waals surface area contributed by atoms with Gasteiger partial charge in [-0.05, 0) is 45.3 Å². The minimum atomic E-state index is 0.169. The predicted molar refractivity (Wildman–Crippen MR) is 104 cm³/mol. The van der Waals surface area contributed by atoms with Gasteiger partial charge in [0.1, 0.15) is 11.5 Å². The summed E-state index contributed by atoms with van der Waals surface area (Å²) in [4.78, 5) is 15.1. The molecule has 1 aromatic heterocycles. The Balaban J connectivity index is 1.82. The maximum absolute atomic E-state index is 5.76. The molecule has 0 fully saturated rings. The van der Waals surface area contributed by atoms with Crippen molar-refractivity contribution in [1.82, 2.24) is 19.9 Å². The van der Waals surface area contributed by atoms with Crippen molar-refractivity contribution >= 4 is 5.95 Å². The van der Waals surface area contributed by atoms with Gasteiger partial charge in [-0.15, -0.1) is 4.98 Å². The van der Waals surface area contributed by atoms with Gasteiger partial charge in [0.2, 0.25) is 5.95 Å². The molecule has 0 amide bonds. The van der Waals surface area contributed by atoms with Crippen LogP contribution in [-0.2, 0) is 0 Å². The Labute approximate surface area is 159 Å². The first kappa shape index (κ1) is 18.6. The molecule has 7 nitrogen and oxygen atoms in total. The fourth-order valence-corrected chi connectivity index (χ4v) is 2.12. The number of rotatable bonds is 8. The van der Waals surface area contributed by atoms with E-state index < -0.39 is 0 Å². The number of para-hydroxylation sites is 2. The van der Waals surface area contributed by atoms with Crippen LogP contribution in [0.15, 0.2) is 60.7 Å². The molecular weight excluding hydrogens is 342 g/mol. The van der Waals surface area contributed by atoms with E-state index in [0.717, 1.165) is 0 Å². The van der Waals surface area contributed by atoms with E-state index in [4.69, 9.17) is 9.47 Å². The third-order valence-electron chi connectivity index (χ3n) is 3.94. The maximum Gasteiger partial charge on any atom is 0.330 e. The maximum atomic E-state index is 5.76. The molecule has 3 aromatic rings. The van der Waals surface area contributed by atoms with Crippen molar-refractivity contribution in [2.75, 3.05) is 26.0 Å². The Morgan fingerprint density at radius 2 is 1.30 bits per heavy atom. The SMILES string of the molecule is CC(CNc1nc(Oc2ccccc2)nc(Oc2ccccc2)n1)N(C)C. The summed E-state index contributed by atoms with van der Waals surface area (Å²) < 4.78 is 11.5. The second kappa shape index (κ2) is 8.95. The standard InChI is InChI=1S/C20H23N5O2/c1-15(25(2)3)14-21-18-22-19(26-16-10-6-4-7-11-16)24-20(23-18)27-17-12-8-5-9-13-17/h4-13,15H,14H2,1-3H3,(H,21,22,23,24). The van der Waals surface area contributed by atoms with Gasteiger partial charge in [-0.1, -0.05) is 36.4 Å². The number of anilines is 1. The third-order valence-corrected chi connectivity index (χ3v) is 3.94. The molecule has 1 unspecified atom stereocenters. The minimum absolute atomic E-state index is 0.169. The van der Waals surface area contributed by atoms with Crippen LogP contribution in [0.2, 0.25) is 0 Å². The molecule has 7 heteroatoms. The van der Waals surface area contributed by atoms with Crippen molar-refractivity contribution < 1.29 is 9.47 Å². The zero-order chi connectivity index (χ0) is 19.1. The molecule has 1 N–H and O–H groups in total. The lowest BCUT2D eigenvalue weighted by molar-refractivity contribution is 0.325. The zero-order valence-electron chi connectivity index (χ0n) is 15.7. The summed E-state index contributed by atoms with van der Waals surface area (Å²) in [5, 5.41) is 3.21. The Morgan fingerprint density at radius 3 is 1.74 bits per heavy atom. The highest BCUT2D eigenvalue weighted by Crippen LogP contribution is 2.23. The van der Waals surface area contributed by atoms with Crippen molar-refractivity contribution in [2.45, 2.75) is 13.0 Å². The van der Waals surface area contributed by atoms with Crippen LogP contribution in [0.1, 0.15) is 6.92 Å². The van der Waals surface area contributed by atoms with Gasteiger partial charge in [0.05, 0.1) is 0 Å². The summed E-state index contributed by atoms with van der Waals surface area (Å²) in [6.07, 6.45) is 0. The van der Waals surface area contributed by atoms with Crippen molar-refractivity contribution in [3.8, 4) is 23.5 Å². The second-order valence-electron chi connectivity index (χ2n) is 6.25. The van der Waals surface area contributed by atoms with Crippen LogP contribution in [0.5, 0.6) is 23.5 Å². The highest BCUT2D eigenvalue weighted by Gasteiger charge is 2.12. The summed E-state index contributed by atoms with van der Waals surface area (Å²) in [5.41, 5.74) is 0. The average Bonchev–Trinajstić information content (AvgIpc) is 2.67. The molecule has 1 atom stereocenters. The molecule has 0 spiro atoms. The number of aromatic nitrogens is 3. The lowest BCUT2D eigenvalue weighted by Gasteiger charge is -2.20. The summed E-state index contributed by atoms with van der Waals surface area (Å²) in [6.45, 7) is 2.78. The monoisotopic (exact) mass is 365 g/mol. The first-order chi connectivity index (χ1) is 13.1. The van der Waals surface area contributed by atoms with E-state index in [9.17, 15) is 0 Å². The van der Waals surface area contributed by atoms with Crippen LogP contribution in [-0.4, -0.2) is 46.5 Å². The number of likely N-dealkylation sites (N-methyl/N-ethyl adjacent to an activating group) is 1. The van der Waals surface area contributed by atoms with E-state index in [0.29, 0.717) is 30.0 Å². The summed E-state index contributed by atoms with van der Waals surface area (Å²) in [7, 11) is 4.04. The van der Waals surface area contributed by atoms with Crippen molar-refractivity contribution in [2.24, 2.45) is 0 Å². The van der Waals surface area contributed by atoms with E-state index in [1.807, 2.05) is 74.8 Å². The Kier molecular flexibility index (Phi) is 6.17. The van der Waals surface area contributed by atoms with Crippen molar-refractivity contribution in [3.05, 3.63) is 60.7 Å². The molecule has 2 aromatic carbocycles. The van der Waals surface area contributed by atoms with Crippen LogP contribution in [0.4, 0.5) is 5.95 Å². The van der Waals surface area contributed by atoms with Crippen LogP contribution < -0.4 is 14.8 Å². The van der Waals surface area contributed by atoms with Gasteiger partial charge in [0.25, 0.3) is 0 Å². The molecule has 0 radical (unpaired) electrons. The fourth-order valence-electron chi connectivity index (χ4n) is 2.12. The number of hydrogen-bond acceptors (Lipinski definition) is 7. The van der Waals surface area contributed by atoms with Crippen LogP contribution in [0.3, 0.4) is 0 Å². The third kappa shape index (κ3) is 5.65. The predicted octanol–water partition coefficient (Wildman–Crippen LogP) is 3.82. The van der Waals surface area contributed by atoms with E-state index in [1.54, 1.807) is 0 Å². The number of ether oxygens (including phenoxy) is 2. The Morgan fingerprint density at radius 1 is 0.815 bits per heavy atom. The number of benzene rings is 2. The molecule has 1 heterocycles. The zero-order valence-corrected chi connectivity index (χ0v) is 15.7. The molecule has 27 heavy (non-hydrogen) atoms. The number of nitrogens with one attached hydrogen (secondary N) is 1. The topological polar surface area (TPSA) is 72.4 Å². The molecule has 0 aliphatic heterocycles. The summed E-state index contributed by atoms with van der Waals surface area (Å²) >= 11 is 0. The normalized spacial score (nSPS) is 11.9. The first-order valence-electron chi connectivity index (χ1n) is 8.72. The molecule has 0 aliphatic carbocycles. The van der Waals surface area contributed by atoms with Gasteiger partial charge in [-0.3, -0.25) is 0 Å². The number of hydrogen-bond donors (Lipinski definition) is 1. The second-order valence-corrected chi connectivity index (χ2v) is 6.25. The van der Waals surface area contributed by atoms with Crippen molar-refractivity contribution in [3.63, 3.8) is 0 Å². The smallest absolute Gasteiger partial charge is 0.330 e. The Bertz CT molecular complexity index is 784. The molecule has 0 saturated heterocycles. The van der Waals surface area contributed by atoms with Crippen molar-refractivity contribution in [1.29, 1.82) is 0 Å². The molecule has 140 valence electrons. The van der Waals surface area contributed by atoms with E-state index in [2.05, 4.69) is 32.1 Å². The minimum Gasteiger partial charge on any atom is -0.424 e.